The summed E-state index contributed by atoms with van der Waals surface area (Å²) < 4.78 is 16.5. The first-order chi connectivity index (χ1) is 18.0. The molecule has 1 aliphatic rings. The topological polar surface area (TPSA) is 117 Å². The second-order valence-corrected chi connectivity index (χ2v) is 10.7. The third-order valence-electron chi connectivity index (χ3n) is 6.56. The van der Waals surface area contributed by atoms with Crippen LogP contribution in [0.15, 0.2) is 42.9 Å². The first kappa shape index (κ1) is 26.9. The highest BCUT2D eigenvalue weighted by Gasteiger charge is 2.31. The zero-order chi connectivity index (χ0) is 27.4. The lowest BCUT2D eigenvalue weighted by Gasteiger charge is -2.35. The third-order valence-corrected chi connectivity index (χ3v) is 6.56. The number of piperidine rings is 1. The van der Waals surface area contributed by atoms with Crippen molar-refractivity contribution in [2.45, 2.75) is 53.0 Å². The Morgan fingerprint density at radius 2 is 1.87 bits per heavy atom. The summed E-state index contributed by atoms with van der Waals surface area (Å²) in [5, 5.41) is 16.5. The number of hydrogen-bond donors (Lipinski definition) is 1. The molecule has 10 heteroatoms. The van der Waals surface area contributed by atoms with Crippen LogP contribution in [0.3, 0.4) is 0 Å². The molecule has 0 saturated carbocycles. The Labute approximate surface area is 221 Å². The number of likely N-dealkylation sites (tertiary alicyclic amines) is 1. The lowest BCUT2D eigenvalue weighted by atomic mass is 9.93. The number of nitrogens with zero attached hydrogens (tertiary/aromatic N) is 6. The fraction of sp³-hybridized carbons (Fsp3) is 0.429. The summed E-state index contributed by atoms with van der Waals surface area (Å²) in [6, 6.07) is 8.72. The monoisotopic (exact) mass is 517 g/mol. The number of aromatic nitrogens is 4. The molecule has 9 nitrogen and oxygen atoms in total. The van der Waals surface area contributed by atoms with Crippen LogP contribution in [0.25, 0.3) is 11.3 Å². The van der Waals surface area contributed by atoms with Gasteiger partial charge in [-0.15, -0.1) is 0 Å². The smallest absolute Gasteiger partial charge is 0.228 e. The summed E-state index contributed by atoms with van der Waals surface area (Å²) in [6.07, 6.45) is 6.39. The number of halogens is 1. The van der Waals surface area contributed by atoms with E-state index in [-0.39, 0.29) is 47.1 Å². The Hall–Kier alpha value is -4.13. The van der Waals surface area contributed by atoms with Crippen molar-refractivity contribution in [3.8, 4) is 17.3 Å². The molecule has 0 radical (unpaired) electrons. The van der Waals surface area contributed by atoms with Crippen LogP contribution < -0.4 is 5.32 Å². The minimum atomic E-state index is -0.583. The largest absolute Gasteiger partial charge is 0.342 e. The van der Waals surface area contributed by atoms with Crippen LogP contribution in [0.2, 0.25) is 0 Å². The van der Waals surface area contributed by atoms with Crippen LogP contribution in [0, 0.1) is 28.5 Å². The fourth-order valence-corrected chi connectivity index (χ4v) is 4.42. The second kappa shape index (κ2) is 11.1. The number of hydrogen-bond acceptors (Lipinski definition) is 7. The van der Waals surface area contributed by atoms with Crippen LogP contribution in [0.4, 0.5) is 16.0 Å². The summed E-state index contributed by atoms with van der Waals surface area (Å²) in [7, 11) is 0. The Morgan fingerprint density at radius 3 is 2.50 bits per heavy atom. The average molecular weight is 518 g/mol. The van der Waals surface area contributed by atoms with E-state index in [0.29, 0.717) is 29.9 Å². The molecular formula is C28H32FN7O2. The minimum absolute atomic E-state index is 0.107. The molecule has 1 aliphatic heterocycles. The van der Waals surface area contributed by atoms with Gasteiger partial charge in [0.25, 0.3) is 0 Å². The lowest BCUT2D eigenvalue weighted by molar-refractivity contribution is -0.140. The predicted octanol–water partition coefficient (Wildman–Crippen LogP) is 5.16. The van der Waals surface area contributed by atoms with E-state index < -0.39 is 5.82 Å². The molecule has 4 rings (SSSR count). The summed E-state index contributed by atoms with van der Waals surface area (Å²) in [6.45, 7) is 8.88. The number of carbonyl (C=O) groups is 2. The van der Waals surface area contributed by atoms with Gasteiger partial charge in [0.15, 0.2) is 11.6 Å². The molecule has 3 heterocycles. The van der Waals surface area contributed by atoms with Gasteiger partial charge in [-0.05, 0) is 19.8 Å². The van der Waals surface area contributed by atoms with Gasteiger partial charge in [-0.3, -0.25) is 14.3 Å². The van der Waals surface area contributed by atoms with E-state index in [2.05, 4.69) is 26.5 Å². The molecule has 1 amide bonds. The number of Topliss-reactive ketones (excluding diaryl/α,β-unsaturated/α-hetero) is 1. The molecule has 1 N–H and O–H groups in total. The van der Waals surface area contributed by atoms with E-state index in [1.54, 1.807) is 37.4 Å². The maximum Gasteiger partial charge on any atom is 0.228 e. The second-order valence-electron chi connectivity index (χ2n) is 10.7. The lowest BCUT2D eigenvalue weighted by Crippen LogP contribution is -2.44. The molecule has 1 atom stereocenters. The van der Waals surface area contributed by atoms with Gasteiger partial charge in [0.2, 0.25) is 11.9 Å². The number of anilines is 2. The van der Waals surface area contributed by atoms with Crippen LogP contribution in [0.5, 0.6) is 0 Å². The van der Waals surface area contributed by atoms with Crippen LogP contribution in [0.1, 0.15) is 63.4 Å². The average Bonchev–Trinajstić information content (AvgIpc) is 3.37. The Kier molecular flexibility index (Phi) is 7.86. The molecule has 2 aromatic heterocycles. The van der Waals surface area contributed by atoms with E-state index in [9.17, 15) is 14.0 Å². The first-order valence-electron chi connectivity index (χ1n) is 12.7. The van der Waals surface area contributed by atoms with Crippen LogP contribution >= 0.6 is 0 Å². The van der Waals surface area contributed by atoms with Gasteiger partial charge >= 0.3 is 0 Å². The Morgan fingerprint density at radius 1 is 1.18 bits per heavy atom. The van der Waals surface area contributed by atoms with Gasteiger partial charge in [-0.2, -0.15) is 10.4 Å². The summed E-state index contributed by atoms with van der Waals surface area (Å²) >= 11 is 0. The van der Waals surface area contributed by atoms with E-state index in [0.717, 1.165) is 19.0 Å². The van der Waals surface area contributed by atoms with E-state index in [4.69, 9.17) is 5.26 Å². The number of nitrogens with one attached hydrogen (secondary N) is 1. The van der Waals surface area contributed by atoms with Crippen molar-refractivity contribution < 1.29 is 14.0 Å². The molecule has 0 bridgehead atoms. The van der Waals surface area contributed by atoms with Crippen molar-refractivity contribution >= 4 is 23.3 Å². The van der Waals surface area contributed by atoms with Crippen LogP contribution in [-0.2, 0) is 4.79 Å². The molecule has 1 saturated heterocycles. The maximum absolute atomic E-state index is 14.6. The molecule has 198 valence electrons. The van der Waals surface area contributed by atoms with Gasteiger partial charge < -0.3 is 10.2 Å². The summed E-state index contributed by atoms with van der Waals surface area (Å²) in [5.41, 5.74) is 1.35. The number of ketones is 1. The molecule has 38 heavy (non-hydrogen) atoms. The van der Waals surface area contributed by atoms with Gasteiger partial charge in [-0.25, -0.2) is 14.4 Å². The number of nitriles is 1. The quantitative estimate of drug-likeness (QED) is 0.430. The molecule has 1 fully saturated rings. The maximum atomic E-state index is 14.6. The molecular weight excluding hydrogens is 485 g/mol. The molecule has 0 aliphatic carbocycles. The normalized spacial score (nSPS) is 15.1. The van der Waals surface area contributed by atoms with Crippen molar-refractivity contribution in [1.29, 1.82) is 5.26 Å². The van der Waals surface area contributed by atoms with Gasteiger partial charge in [0.1, 0.15) is 5.69 Å². The van der Waals surface area contributed by atoms with Crippen molar-refractivity contribution in [3.05, 3.63) is 54.2 Å². The van der Waals surface area contributed by atoms with Crippen molar-refractivity contribution in [3.63, 3.8) is 0 Å². The highest BCUT2D eigenvalue weighted by molar-refractivity contribution is 5.96. The van der Waals surface area contributed by atoms with Gasteiger partial charge in [-0.1, -0.05) is 45.0 Å². The van der Waals surface area contributed by atoms with E-state index in [1.165, 1.54) is 0 Å². The standard InChI is InChI=1S/C28H32FN7O2/c1-18(14-30)13-24(37)19-5-7-20(8-6-19)25-23(29)16-31-27(34-25)33-21-15-32-36(17-21)22-9-11-35(12-10-22)26(38)28(2,3)4/h5-8,15-18,22H,9-13H2,1-4H3,(H,31,33,34)/t18-/m1/s1. The molecule has 0 spiro atoms. The van der Waals surface area contributed by atoms with Crippen molar-refractivity contribution in [2.24, 2.45) is 11.3 Å². The SMILES string of the molecule is C[C@@H](C#N)CC(=O)c1ccc(-c2nc(Nc3cnn(C4CCN(C(=O)C(C)(C)C)CC4)c3)ncc2F)cc1. The first-order valence-corrected chi connectivity index (χ1v) is 12.7. The Bertz CT molecular complexity index is 1350. The third kappa shape index (κ3) is 6.22. The van der Waals surface area contributed by atoms with Crippen molar-refractivity contribution in [1.82, 2.24) is 24.6 Å². The van der Waals surface area contributed by atoms with Gasteiger partial charge in [0, 0.05) is 42.2 Å². The Balaban J connectivity index is 1.41. The number of rotatable bonds is 7. The van der Waals surface area contributed by atoms with E-state index >= 15 is 0 Å². The molecule has 1 aromatic carbocycles. The number of amides is 1. The highest BCUT2D eigenvalue weighted by atomic mass is 19.1. The molecule has 3 aromatic rings. The zero-order valence-corrected chi connectivity index (χ0v) is 22.1. The van der Waals surface area contributed by atoms with Crippen LogP contribution in [-0.4, -0.2) is 49.4 Å². The van der Waals surface area contributed by atoms with E-state index in [1.807, 2.05) is 36.5 Å². The number of benzene rings is 1. The summed E-state index contributed by atoms with van der Waals surface area (Å²) in [4.78, 5) is 35.2. The number of carbonyl (C=O) groups excluding carboxylic acids is 2. The fourth-order valence-electron chi connectivity index (χ4n) is 4.42. The highest BCUT2D eigenvalue weighted by Crippen LogP contribution is 2.28. The zero-order valence-electron chi connectivity index (χ0n) is 22.1. The minimum Gasteiger partial charge on any atom is -0.342 e. The predicted molar refractivity (Wildman–Crippen MR) is 141 cm³/mol. The van der Waals surface area contributed by atoms with Crippen molar-refractivity contribution in [2.75, 3.05) is 18.4 Å². The van der Waals surface area contributed by atoms with Gasteiger partial charge in [0.05, 0.1) is 36.1 Å². The summed E-state index contributed by atoms with van der Waals surface area (Å²) in [5.74, 6) is -0.711. The molecule has 0 unspecified atom stereocenters.